The predicted molar refractivity (Wildman–Crippen MR) is 127 cm³/mol. The Morgan fingerprint density at radius 3 is 2.23 bits per heavy atom. The van der Waals surface area contributed by atoms with Gasteiger partial charge in [-0.15, -0.1) is 0 Å². The van der Waals surface area contributed by atoms with Crippen LogP contribution >= 0.6 is 0 Å². The van der Waals surface area contributed by atoms with Crippen LogP contribution in [0.3, 0.4) is 0 Å². The van der Waals surface area contributed by atoms with Crippen LogP contribution in [0.2, 0.25) is 0 Å². The number of ether oxygens (including phenoxy) is 1. The maximum atomic E-state index is 13.1. The number of aliphatic carboxylic acids is 1. The number of Topliss-reactive ketones (excluding diaryl/α,β-unsaturated/α-hetero) is 1. The molecule has 1 aliphatic rings. The van der Waals surface area contributed by atoms with E-state index in [2.05, 4.69) is 10.6 Å². The SMILES string of the molecule is CCC(C)C(NC(=O)C(CC(C)C)NC(=O)OCc1ccccc1)C(=O)C(=O)N1CC(C(=O)O)C1. The van der Waals surface area contributed by atoms with Crippen LogP contribution in [-0.4, -0.2) is 64.8 Å². The summed E-state index contributed by atoms with van der Waals surface area (Å²) >= 11 is 0. The van der Waals surface area contributed by atoms with Gasteiger partial charge in [0.15, 0.2) is 0 Å². The van der Waals surface area contributed by atoms with Crippen LogP contribution in [0, 0.1) is 17.8 Å². The van der Waals surface area contributed by atoms with E-state index in [-0.39, 0.29) is 31.5 Å². The largest absolute Gasteiger partial charge is 0.481 e. The number of carbonyl (C=O) groups excluding carboxylic acids is 4. The zero-order chi connectivity index (χ0) is 26.1. The lowest BCUT2D eigenvalue weighted by molar-refractivity contribution is -0.157. The van der Waals surface area contributed by atoms with E-state index in [1.807, 2.05) is 51.1 Å². The van der Waals surface area contributed by atoms with Gasteiger partial charge in [0.25, 0.3) is 5.91 Å². The molecule has 1 aromatic carbocycles. The Labute approximate surface area is 205 Å². The molecule has 3 atom stereocenters. The quantitative estimate of drug-likeness (QED) is 0.381. The molecule has 1 heterocycles. The molecule has 0 aromatic heterocycles. The maximum Gasteiger partial charge on any atom is 0.408 e. The Morgan fingerprint density at radius 2 is 1.69 bits per heavy atom. The van der Waals surface area contributed by atoms with Gasteiger partial charge in [-0.1, -0.05) is 64.4 Å². The standard InChI is InChI=1S/C25H35N3O7/c1-5-16(4)20(21(29)23(31)28-12-18(13-28)24(32)33)27-22(30)19(11-15(2)3)26-25(34)35-14-17-9-7-6-8-10-17/h6-10,15-16,18-20H,5,11-14H2,1-4H3,(H,26,34)(H,27,30)(H,32,33). The molecule has 10 nitrogen and oxygen atoms in total. The van der Waals surface area contributed by atoms with Crippen LogP contribution in [0.1, 0.15) is 46.1 Å². The summed E-state index contributed by atoms with van der Waals surface area (Å²) in [6.45, 7) is 7.32. The number of hydrogen-bond donors (Lipinski definition) is 3. The molecule has 3 N–H and O–H groups in total. The van der Waals surface area contributed by atoms with Gasteiger partial charge in [0.2, 0.25) is 11.7 Å². The van der Waals surface area contributed by atoms with E-state index in [0.717, 1.165) is 5.56 Å². The molecule has 1 aliphatic heterocycles. The first-order valence-corrected chi connectivity index (χ1v) is 11.9. The summed E-state index contributed by atoms with van der Waals surface area (Å²) in [5.41, 5.74) is 0.796. The van der Waals surface area contributed by atoms with E-state index < -0.39 is 47.7 Å². The molecular formula is C25H35N3O7. The lowest BCUT2D eigenvalue weighted by atomic mass is 9.92. The van der Waals surface area contributed by atoms with Crippen LogP contribution in [0.25, 0.3) is 0 Å². The summed E-state index contributed by atoms with van der Waals surface area (Å²) < 4.78 is 5.23. The molecule has 0 spiro atoms. The third kappa shape index (κ3) is 8.08. The van der Waals surface area contributed by atoms with Crippen molar-refractivity contribution in [3.63, 3.8) is 0 Å². The number of alkyl carbamates (subject to hydrolysis) is 1. The maximum absolute atomic E-state index is 13.1. The lowest BCUT2D eigenvalue weighted by Crippen LogP contribution is -2.60. The molecule has 10 heteroatoms. The smallest absolute Gasteiger partial charge is 0.408 e. The second-order valence-electron chi connectivity index (χ2n) is 9.37. The summed E-state index contributed by atoms with van der Waals surface area (Å²) in [6, 6.07) is 7.04. The number of carboxylic acid groups (broad SMARTS) is 1. The molecule has 3 unspecified atom stereocenters. The third-order valence-corrected chi connectivity index (χ3v) is 6.05. The molecule has 2 rings (SSSR count). The summed E-state index contributed by atoms with van der Waals surface area (Å²) in [5.74, 6) is -4.21. The highest BCUT2D eigenvalue weighted by Crippen LogP contribution is 2.19. The van der Waals surface area contributed by atoms with Crippen molar-refractivity contribution in [3.8, 4) is 0 Å². The molecule has 35 heavy (non-hydrogen) atoms. The Bertz CT molecular complexity index is 913. The molecule has 3 amide bonds. The van der Waals surface area contributed by atoms with Gasteiger partial charge in [0, 0.05) is 13.1 Å². The minimum absolute atomic E-state index is 0.0358. The summed E-state index contributed by atoms with van der Waals surface area (Å²) in [5, 5.41) is 14.2. The van der Waals surface area contributed by atoms with Crippen LogP contribution in [0.15, 0.2) is 30.3 Å². The van der Waals surface area contributed by atoms with Crippen molar-refractivity contribution in [2.75, 3.05) is 13.1 Å². The fourth-order valence-electron chi connectivity index (χ4n) is 3.66. The highest BCUT2D eigenvalue weighted by Gasteiger charge is 2.41. The number of carbonyl (C=O) groups is 5. The van der Waals surface area contributed by atoms with E-state index in [4.69, 9.17) is 9.84 Å². The van der Waals surface area contributed by atoms with Gasteiger partial charge >= 0.3 is 12.1 Å². The third-order valence-electron chi connectivity index (χ3n) is 6.05. The highest BCUT2D eigenvalue weighted by molar-refractivity contribution is 6.38. The molecule has 1 fully saturated rings. The molecule has 1 saturated heterocycles. The van der Waals surface area contributed by atoms with Crippen molar-refractivity contribution in [1.82, 2.24) is 15.5 Å². The number of rotatable bonds is 12. The number of ketones is 1. The van der Waals surface area contributed by atoms with Crippen LogP contribution in [0.5, 0.6) is 0 Å². The van der Waals surface area contributed by atoms with E-state index in [1.54, 1.807) is 6.92 Å². The van der Waals surface area contributed by atoms with Crippen molar-refractivity contribution in [3.05, 3.63) is 35.9 Å². The molecule has 0 aliphatic carbocycles. The zero-order valence-electron chi connectivity index (χ0n) is 20.7. The first kappa shape index (κ1) is 27.8. The van der Waals surface area contributed by atoms with Crippen LogP contribution in [0.4, 0.5) is 4.79 Å². The molecule has 0 saturated carbocycles. The van der Waals surface area contributed by atoms with Crippen LogP contribution in [-0.2, 0) is 30.5 Å². The van der Waals surface area contributed by atoms with Gasteiger partial charge in [-0.05, 0) is 23.8 Å². The lowest BCUT2D eigenvalue weighted by Gasteiger charge is -2.37. The van der Waals surface area contributed by atoms with Gasteiger partial charge < -0.3 is 25.4 Å². The minimum atomic E-state index is -1.10. The summed E-state index contributed by atoms with van der Waals surface area (Å²) in [6.07, 6.45) is 0.0504. The van der Waals surface area contributed by atoms with Gasteiger partial charge in [0.1, 0.15) is 12.6 Å². The number of hydrogen-bond acceptors (Lipinski definition) is 6. The number of benzene rings is 1. The fraction of sp³-hybridized carbons (Fsp3) is 0.560. The summed E-state index contributed by atoms with van der Waals surface area (Å²) in [7, 11) is 0. The van der Waals surface area contributed by atoms with Crippen LogP contribution < -0.4 is 10.6 Å². The predicted octanol–water partition coefficient (Wildman–Crippen LogP) is 1.97. The van der Waals surface area contributed by atoms with Crippen molar-refractivity contribution in [1.29, 1.82) is 0 Å². The van der Waals surface area contributed by atoms with Gasteiger partial charge in [0.05, 0.1) is 12.0 Å². The first-order valence-electron chi connectivity index (χ1n) is 11.9. The van der Waals surface area contributed by atoms with Gasteiger partial charge in [-0.25, -0.2) is 4.79 Å². The minimum Gasteiger partial charge on any atom is -0.481 e. The average Bonchev–Trinajstić information content (AvgIpc) is 2.78. The highest BCUT2D eigenvalue weighted by atomic mass is 16.5. The van der Waals surface area contributed by atoms with E-state index in [1.165, 1.54) is 4.90 Å². The Hall–Kier alpha value is -3.43. The summed E-state index contributed by atoms with van der Waals surface area (Å²) in [4.78, 5) is 63.2. The van der Waals surface area contributed by atoms with E-state index in [0.29, 0.717) is 12.8 Å². The molecule has 1 aromatic rings. The number of nitrogens with one attached hydrogen (secondary N) is 2. The number of carboxylic acids is 1. The fourth-order valence-corrected chi connectivity index (χ4v) is 3.66. The Morgan fingerprint density at radius 1 is 1.06 bits per heavy atom. The normalized spacial score (nSPS) is 16.0. The number of nitrogens with zero attached hydrogens (tertiary/aromatic N) is 1. The Balaban J connectivity index is 2.04. The van der Waals surface area contributed by atoms with Crippen molar-refractivity contribution < 1.29 is 33.8 Å². The van der Waals surface area contributed by atoms with E-state index >= 15 is 0 Å². The second kappa shape index (κ2) is 12.9. The topological polar surface area (TPSA) is 142 Å². The second-order valence-corrected chi connectivity index (χ2v) is 9.37. The van der Waals surface area contributed by atoms with Crippen molar-refractivity contribution in [2.45, 2.75) is 59.2 Å². The van der Waals surface area contributed by atoms with Gasteiger partial charge in [-0.2, -0.15) is 0 Å². The van der Waals surface area contributed by atoms with Crippen molar-refractivity contribution in [2.24, 2.45) is 17.8 Å². The molecule has 0 bridgehead atoms. The molecule has 0 radical (unpaired) electrons. The van der Waals surface area contributed by atoms with Gasteiger partial charge in [-0.3, -0.25) is 19.2 Å². The molecular weight excluding hydrogens is 454 g/mol. The number of amides is 3. The average molecular weight is 490 g/mol. The van der Waals surface area contributed by atoms with Crippen molar-refractivity contribution >= 4 is 29.7 Å². The molecule has 192 valence electrons. The monoisotopic (exact) mass is 489 g/mol. The van der Waals surface area contributed by atoms with E-state index in [9.17, 15) is 24.0 Å². The first-order chi connectivity index (χ1) is 16.5. The zero-order valence-corrected chi connectivity index (χ0v) is 20.7. The number of likely N-dealkylation sites (tertiary alicyclic amines) is 1. The Kier molecular flexibility index (Phi) is 10.2.